The predicted molar refractivity (Wildman–Crippen MR) is 81.2 cm³/mol. The van der Waals surface area contributed by atoms with Crippen molar-refractivity contribution in [2.45, 2.75) is 4.90 Å². The molecular weight excluding hydrogens is 236 g/mol. The number of hydrogen-bond acceptors (Lipinski definition) is 1. The highest BCUT2D eigenvalue weighted by atomic mass is 32.2. The van der Waals surface area contributed by atoms with Crippen LogP contribution < -0.4 is 0 Å². The van der Waals surface area contributed by atoms with Crippen molar-refractivity contribution >= 4 is 39.4 Å². The monoisotopic (exact) mass is 248 g/mol. The van der Waals surface area contributed by atoms with Gasteiger partial charge in [0.1, 0.15) is 0 Å². The number of fused-ring (bicyclic) bond motifs is 4. The summed E-state index contributed by atoms with van der Waals surface area (Å²) in [6, 6.07) is 17.7. The Morgan fingerprint density at radius 2 is 1.67 bits per heavy atom. The fraction of sp³-hybridized carbons (Fsp3) is 0.0588. The van der Waals surface area contributed by atoms with E-state index in [1.54, 1.807) is 0 Å². The van der Waals surface area contributed by atoms with Crippen LogP contribution in [0.2, 0.25) is 0 Å². The van der Waals surface area contributed by atoms with E-state index in [0.717, 1.165) is 5.75 Å². The van der Waals surface area contributed by atoms with E-state index in [-0.39, 0.29) is 0 Å². The topological polar surface area (TPSA) is 0 Å². The van der Waals surface area contributed by atoms with E-state index < -0.39 is 0 Å². The SMILES string of the molecule is C1=Cc2c(ccc3cc4ccccc4cc23)SC1. The number of thioether (sulfide) groups is 1. The minimum absolute atomic E-state index is 1.09. The summed E-state index contributed by atoms with van der Waals surface area (Å²) >= 11 is 1.92. The molecule has 0 saturated carbocycles. The van der Waals surface area contributed by atoms with Crippen LogP contribution >= 0.6 is 11.8 Å². The molecule has 1 aliphatic rings. The van der Waals surface area contributed by atoms with Crippen molar-refractivity contribution in [3.8, 4) is 0 Å². The molecule has 1 heteroatoms. The van der Waals surface area contributed by atoms with Crippen LogP contribution in [0, 0.1) is 0 Å². The summed E-state index contributed by atoms with van der Waals surface area (Å²) < 4.78 is 0. The fourth-order valence-corrected chi connectivity index (χ4v) is 3.49. The zero-order valence-corrected chi connectivity index (χ0v) is 10.7. The second-order valence-corrected chi connectivity index (χ2v) is 5.67. The summed E-state index contributed by atoms with van der Waals surface area (Å²) in [4.78, 5) is 1.40. The van der Waals surface area contributed by atoms with Gasteiger partial charge < -0.3 is 0 Å². The zero-order valence-electron chi connectivity index (χ0n) is 9.89. The molecule has 1 heterocycles. The molecule has 0 radical (unpaired) electrons. The second kappa shape index (κ2) is 3.89. The average molecular weight is 248 g/mol. The Morgan fingerprint density at radius 1 is 0.833 bits per heavy atom. The van der Waals surface area contributed by atoms with Gasteiger partial charge in [-0.05, 0) is 45.3 Å². The lowest BCUT2D eigenvalue weighted by atomic mass is 9.99. The molecule has 0 aromatic heterocycles. The first-order chi connectivity index (χ1) is 8.92. The molecule has 0 nitrogen and oxygen atoms in total. The third-order valence-electron chi connectivity index (χ3n) is 3.51. The van der Waals surface area contributed by atoms with E-state index >= 15 is 0 Å². The van der Waals surface area contributed by atoms with E-state index in [0.29, 0.717) is 0 Å². The summed E-state index contributed by atoms with van der Waals surface area (Å²) in [5.41, 5.74) is 1.38. The van der Waals surface area contributed by atoms with Crippen molar-refractivity contribution in [2.24, 2.45) is 0 Å². The summed E-state index contributed by atoms with van der Waals surface area (Å²) in [5.74, 6) is 1.09. The lowest BCUT2D eigenvalue weighted by Crippen LogP contribution is -1.89. The van der Waals surface area contributed by atoms with Crippen molar-refractivity contribution < 1.29 is 0 Å². The quantitative estimate of drug-likeness (QED) is 0.498. The average Bonchev–Trinajstić information content (AvgIpc) is 2.45. The molecule has 0 unspecified atom stereocenters. The lowest BCUT2D eigenvalue weighted by molar-refractivity contribution is 1.45. The van der Waals surface area contributed by atoms with Gasteiger partial charge in [-0.25, -0.2) is 0 Å². The molecule has 0 N–H and O–H groups in total. The van der Waals surface area contributed by atoms with Gasteiger partial charge in [-0.15, -0.1) is 11.8 Å². The van der Waals surface area contributed by atoms with Crippen LogP contribution in [0.4, 0.5) is 0 Å². The number of hydrogen-bond donors (Lipinski definition) is 0. The van der Waals surface area contributed by atoms with Gasteiger partial charge in [0.05, 0.1) is 0 Å². The van der Waals surface area contributed by atoms with Crippen LogP contribution in [0.15, 0.2) is 59.5 Å². The molecule has 3 aromatic rings. The van der Waals surface area contributed by atoms with Gasteiger partial charge in [-0.1, -0.05) is 42.5 Å². The molecule has 0 spiro atoms. The highest BCUT2D eigenvalue weighted by Gasteiger charge is 2.09. The third-order valence-corrected chi connectivity index (χ3v) is 4.53. The first-order valence-corrected chi connectivity index (χ1v) is 7.15. The van der Waals surface area contributed by atoms with E-state index in [1.165, 1.54) is 32.0 Å². The van der Waals surface area contributed by atoms with E-state index in [9.17, 15) is 0 Å². The van der Waals surface area contributed by atoms with E-state index in [1.807, 2.05) is 11.8 Å². The Kier molecular flexibility index (Phi) is 2.21. The Hall–Kier alpha value is -1.73. The van der Waals surface area contributed by atoms with Crippen molar-refractivity contribution in [3.63, 3.8) is 0 Å². The smallest absolute Gasteiger partial charge is 0.0164 e. The molecular formula is C17H12S. The molecule has 18 heavy (non-hydrogen) atoms. The highest BCUT2D eigenvalue weighted by molar-refractivity contribution is 7.99. The standard InChI is InChI=1S/C17H12S/c1-2-5-13-11-16-14(10-12(13)4-1)7-8-17-15(16)6-3-9-18-17/h1-8,10-11H,9H2. The molecule has 0 aliphatic carbocycles. The van der Waals surface area contributed by atoms with Gasteiger partial charge in [-0.3, -0.25) is 0 Å². The first kappa shape index (κ1) is 10.2. The van der Waals surface area contributed by atoms with Gasteiger partial charge in [-0.2, -0.15) is 0 Å². The summed E-state index contributed by atoms with van der Waals surface area (Å²) in [6.07, 6.45) is 4.52. The van der Waals surface area contributed by atoms with Crippen LogP contribution in [0.5, 0.6) is 0 Å². The largest absolute Gasteiger partial charge is 0.121 e. The van der Waals surface area contributed by atoms with E-state index in [2.05, 4.69) is 60.7 Å². The van der Waals surface area contributed by atoms with Crippen LogP contribution in [0.1, 0.15) is 5.56 Å². The van der Waals surface area contributed by atoms with Crippen LogP contribution in [-0.2, 0) is 0 Å². The van der Waals surface area contributed by atoms with Crippen molar-refractivity contribution in [3.05, 3.63) is 60.2 Å². The minimum atomic E-state index is 1.09. The maximum absolute atomic E-state index is 2.32. The highest BCUT2D eigenvalue weighted by Crippen LogP contribution is 2.35. The maximum atomic E-state index is 2.32. The molecule has 0 atom stereocenters. The van der Waals surface area contributed by atoms with Crippen molar-refractivity contribution in [1.29, 1.82) is 0 Å². The van der Waals surface area contributed by atoms with Gasteiger partial charge in [0.25, 0.3) is 0 Å². The third kappa shape index (κ3) is 1.48. The second-order valence-electron chi connectivity index (χ2n) is 4.61. The Labute approximate surface area is 110 Å². The van der Waals surface area contributed by atoms with Crippen molar-refractivity contribution in [2.75, 3.05) is 5.75 Å². The molecule has 1 aliphatic heterocycles. The van der Waals surface area contributed by atoms with Gasteiger partial charge in [0.2, 0.25) is 0 Å². The summed E-state index contributed by atoms with van der Waals surface area (Å²) in [6.45, 7) is 0. The molecule has 0 amide bonds. The van der Waals surface area contributed by atoms with E-state index in [4.69, 9.17) is 0 Å². The summed E-state index contributed by atoms with van der Waals surface area (Å²) in [5, 5.41) is 5.34. The summed E-state index contributed by atoms with van der Waals surface area (Å²) in [7, 11) is 0. The van der Waals surface area contributed by atoms with Gasteiger partial charge in [0, 0.05) is 10.6 Å². The number of benzene rings is 3. The van der Waals surface area contributed by atoms with Crippen LogP contribution in [-0.4, -0.2) is 5.75 Å². The Morgan fingerprint density at radius 3 is 2.56 bits per heavy atom. The number of rotatable bonds is 0. The molecule has 3 aromatic carbocycles. The molecule has 0 bridgehead atoms. The van der Waals surface area contributed by atoms with Gasteiger partial charge in [0.15, 0.2) is 0 Å². The van der Waals surface area contributed by atoms with Gasteiger partial charge >= 0.3 is 0 Å². The van der Waals surface area contributed by atoms with Crippen molar-refractivity contribution in [1.82, 2.24) is 0 Å². The predicted octanol–water partition coefficient (Wildman–Crippen LogP) is 5.11. The van der Waals surface area contributed by atoms with Crippen LogP contribution in [0.25, 0.3) is 27.6 Å². The maximum Gasteiger partial charge on any atom is 0.0164 e. The minimum Gasteiger partial charge on any atom is -0.121 e. The Bertz CT molecular complexity index is 784. The Balaban J connectivity index is 2.16. The zero-order chi connectivity index (χ0) is 11.9. The van der Waals surface area contributed by atoms with Crippen LogP contribution in [0.3, 0.4) is 0 Å². The molecule has 4 rings (SSSR count). The first-order valence-electron chi connectivity index (χ1n) is 6.17. The molecule has 0 saturated heterocycles. The normalized spacial score (nSPS) is 14.0. The molecule has 86 valence electrons. The fourth-order valence-electron chi connectivity index (χ4n) is 2.62. The molecule has 0 fully saturated rings. The lowest BCUT2D eigenvalue weighted by Gasteiger charge is -2.13.